The fourth-order valence-electron chi connectivity index (χ4n) is 1.57. The van der Waals surface area contributed by atoms with Gasteiger partial charge in [0.15, 0.2) is 0 Å². The number of carbonyl (C=O) groups is 1. The largest absolute Gasteiger partial charge is 0.463 e. The Morgan fingerprint density at radius 2 is 2.10 bits per heavy atom. The van der Waals surface area contributed by atoms with Gasteiger partial charge in [-0.1, -0.05) is 20.8 Å². The van der Waals surface area contributed by atoms with Gasteiger partial charge in [0.2, 0.25) is 17.1 Å². The normalized spacial score (nSPS) is 10.7. The number of anilines is 1. The number of aromatic nitrogens is 3. The number of nitrogens with two attached hydrogens (primary N) is 1. The highest BCUT2D eigenvalue weighted by Crippen LogP contribution is 2.16. The molecule has 0 unspecified atom stereocenters. The van der Waals surface area contributed by atoms with Crippen molar-refractivity contribution in [3.8, 4) is 6.01 Å². The molecule has 0 bridgehead atoms. The number of amides is 1. The average molecular weight is 302 g/mol. The summed E-state index contributed by atoms with van der Waals surface area (Å²) in [6, 6.07) is 0.153. The molecular weight excluding hydrogens is 282 g/mol. The van der Waals surface area contributed by atoms with Gasteiger partial charge in [0.1, 0.15) is 0 Å². The fraction of sp³-hybridized carbons (Fsp3) is 0.667. The summed E-state index contributed by atoms with van der Waals surface area (Å²) in [6.07, 6.45) is 0.829. The van der Waals surface area contributed by atoms with Crippen LogP contribution in [0.1, 0.15) is 27.2 Å². The molecule has 7 nitrogen and oxygen atoms in total. The van der Waals surface area contributed by atoms with Gasteiger partial charge in [-0.2, -0.15) is 15.0 Å². The summed E-state index contributed by atoms with van der Waals surface area (Å²) < 4.78 is 5.35. The molecule has 0 fully saturated rings. The van der Waals surface area contributed by atoms with Crippen molar-refractivity contribution in [3.05, 3.63) is 5.28 Å². The Bertz CT molecular complexity index is 455. The molecule has 0 aliphatic rings. The topological polar surface area (TPSA) is 94.2 Å². The number of nitrogens with zero attached hydrogens (tertiary/aromatic N) is 4. The van der Waals surface area contributed by atoms with E-state index in [0.29, 0.717) is 25.0 Å². The second kappa shape index (κ2) is 7.84. The van der Waals surface area contributed by atoms with E-state index in [-0.39, 0.29) is 17.8 Å². The maximum atomic E-state index is 11.2. The molecule has 1 aromatic heterocycles. The van der Waals surface area contributed by atoms with E-state index in [2.05, 4.69) is 15.0 Å². The van der Waals surface area contributed by atoms with E-state index in [4.69, 9.17) is 22.1 Å². The number of rotatable bonds is 8. The number of hydrogen-bond donors (Lipinski definition) is 1. The Morgan fingerprint density at radius 1 is 1.40 bits per heavy atom. The smallest absolute Gasteiger partial charge is 0.322 e. The van der Waals surface area contributed by atoms with E-state index in [1.807, 2.05) is 20.8 Å². The summed E-state index contributed by atoms with van der Waals surface area (Å²) in [6.45, 7) is 7.10. The third-order valence-corrected chi connectivity index (χ3v) is 2.40. The zero-order chi connectivity index (χ0) is 15.1. The molecule has 0 aliphatic heterocycles. The highest BCUT2D eigenvalue weighted by molar-refractivity contribution is 6.28. The monoisotopic (exact) mass is 301 g/mol. The second-order valence-electron chi connectivity index (χ2n) is 4.78. The maximum absolute atomic E-state index is 11.2. The lowest BCUT2D eigenvalue weighted by Crippen LogP contribution is -2.37. The summed E-state index contributed by atoms with van der Waals surface area (Å²) in [4.78, 5) is 24.9. The molecule has 1 heterocycles. The van der Waals surface area contributed by atoms with Gasteiger partial charge in [-0.05, 0) is 23.9 Å². The van der Waals surface area contributed by atoms with Gasteiger partial charge in [-0.3, -0.25) is 4.79 Å². The van der Waals surface area contributed by atoms with E-state index in [1.54, 1.807) is 4.90 Å². The summed E-state index contributed by atoms with van der Waals surface area (Å²) in [5.74, 6) is 0.145. The molecule has 20 heavy (non-hydrogen) atoms. The molecule has 2 N–H and O–H groups in total. The quantitative estimate of drug-likeness (QED) is 0.777. The molecule has 0 aliphatic carbocycles. The lowest BCUT2D eigenvalue weighted by molar-refractivity contribution is -0.116. The Morgan fingerprint density at radius 3 is 2.65 bits per heavy atom. The van der Waals surface area contributed by atoms with Gasteiger partial charge in [-0.25, -0.2) is 0 Å². The van der Waals surface area contributed by atoms with Crippen molar-refractivity contribution in [1.29, 1.82) is 0 Å². The minimum Gasteiger partial charge on any atom is -0.463 e. The summed E-state index contributed by atoms with van der Waals surface area (Å²) >= 11 is 5.86. The predicted molar refractivity (Wildman–Crippen MR) is 76.9 cm³/mol. The Balaban J connectivity index is 2.98. The number of hydrogen-bond acceptors (Lipinski definition) is 6. The SMILES string of the molecule is CCCOc1nc(Cl)nc(N(CC(N)=O)CC(C)C)n1. The van der Waals surface area contributed by atoms with Crippen LogP contribution >= 0.6 is 11.6 Å². The predicted octanol–water partition coefficient (Wildman–Crippen LogP) is 1.26. The first-order valence-corrected chi connectivity index (χ1v) is 6.87. The third kappa shape index (κ3) is 5.56. The molecule has 8 heteroatoms. The van der Waals surface area contributed by atoms with Crippen LogP contribution in [0.4, 0.5) is 5.95 Å². The summed E-state index contributed by atoms with van der Waals surface area (Å²) in [5, 5.41) is 0.0272. The van der Waals surface area contributed by atoms with Gasteiger partial charge in [-0.15, -0.1) is 0 Å². The van der Waals surface area contributed by atoms with Gasteiger partial charge in [0, 0.05) is 6.54 Å². The minimum atomic E-state index is -0.460. The first-order chi connectivity index (χ1) is 9.42. The maximum Gasteiger partial charge on any atom is 0.322 e. The summed E-state index contributed by atoms with van der Waals surface area (Å²) in [5.41, 5.74) is 5.25. The van der Waals surface area contributed by atoms with Crippen molar-refractivity contribution in [2.75, 3.05) is 24.6 Å². The van der Waals surface area contributed by atoms with Crippen LogP contribution in [0.25, 0.3) is 0 Å². The number of ether oxygens (including phenoxy) is 1. The zero-order valence-corrected chi connectivity index (χ0v) is 12.7. The van der Waals surface area contributed by atoms with Crippen molar-refractivity contribution in [2.45, 2.75) is 27.2 Å². The van der Waals surface area contributed by atoms with Crippen LogP contribution in [0, 0.1) is 5.92 Å². The second-order valence-corrected chi connectivity index (χ2v) is 5.11. The van der Waals surface area contributed by atoms with Gasteiger partial charge in [0.05, 0.1) is 13.2 Å². The molecule has 0 saturated carbocycles. The van der Waals surface area contributed by atoms with Crippen LogP contribution in [0.3, 0.4) is 0 Å². The van der Waals surface area contributed by atoms with Crippen molar-refractivity contribution in [1.82, 2.24) is 15.0 Å². The first-order valence-electron chi connectivity index (χ1n) is 6.50. The number of halogens is 1. The van der Waals surface area contributed by atoms with Crippen LogP contribution in [0.5, 0.6) is 6.01 Å². The number of primary amides is 1. The van der Waals surface area contributed by atoms with E-state index >= 15 is 0 Å². The first kappa shape index (κ1) is 16.4. The molecular formula is C12H20ClN5O2. The Labute approximate surface area is 123 Å². The molecule has 1 aromatic rings. The van der Waals surface area contributed by atoms with Gasteiger partial charge < -0.3 is 15.4 Å². The van der Waals surface area contributed by atoms with Crippen LogP contribution in [-0.2, 0) is 4.79 Å². The molecule has 1 rings (SSSR count). The highest BCUT2D eigenvalue weighted by Gasteiger charge is 2.16. The molecule has 0 aromatic carbocycles. The van der Waals surface area contributed by atoms with E-state index in [9.17, 15) is 4.79 Å². The Kier molecular flexibility index (Phi) is 6.44. The molecule has 0 spiro atoms. The molecule has 112 valence electrons. The average Bonchev–Trinajstić information content (AvgIpc) is 2.33. The van der Waals surface area contributed by atoms with E-state index in [1.165, 1.54) is 0 Å². The van der Waals surface area contributed by atoms with Crippen LogP contribution in [-0.4, -0.2) is 40.6 Å². The van der Waals surface area contributed by atoms with Crippen molar-refractivity contribution >= 4 is 23.5 Å². The van der Waals surface area contributed by atoms with Crippen molar-refractivity contribution < 1.29 is 9.53 Å². The molecule has 0 saturated heterocycles. The van der Waals surface area contributed by atoms with Crippen LogP contribution in [0.15, 0.2) is 0 Å². The van der Waals surface area contributed by atoms with Crippen LogP contribution < -0.4 is 15.4 Å². The highest BCUT2D eigenvalue weighted by atomic mass is 35.5. The van der Waals surface area contributed by atoms with Crippen LogP contribution in [0.2, 0.25) is 5.28 Å². The summed E-state index contributed by atoms with van der Waals surface area (Å²) in [7, 11) is 0. The molecule has 0 atom stereocenters. The minimum absolute atomic E-state index is 0.0196. The standard InChI is InChI=1S/C12H20ClN5O2/c1-4-5-20-12-16-10(13)15-11(17-12)18(6-8(2)3)7-9(14)19/h8H,4-7H2,1-3H3,(H2,14,19). The van der Waals surface area contributed by atoms with Gasteiger partial charge in [0.25, 0.3) is 0 Å². The zero-order valence-electron chi connectivity index (χ0n) is 12.0. The van der Waals surface area contributed by atoms with Crippen molar-refractivity contribution in [2.24, 2.45) is 11.7 Å². The Hall–Kier alpha value is -1.63. The van der Waals surface area contributed by atoms with E-state index in [0.717, 1.165) is 6.42 Å². The van der Waals surface area contributed by atoms with Crippen molar-refractivity contribution in [3.63, 3.8) is 0 Å². The fourth-order valence-corrected chi connectivity index (χ4v) is 1.71. The lowest BCUT2D eigenvalue weighted by atomic mass is 10.2. The third-order valence-electron chi connectivity index (χ3n) is 2.23. The molecule has 1 amide bonds. The number of carbonyl (C=O) groups excluding carboxylic acids is 1. The molecule has 0 radical (unpaired) electrons. The van der Waals surface area contributed by atoms with E-state index < -0.39 is 5.91 Å². The van der Waals surface area contributed by atoms with Gasteiger partial charge >= 0.3 is 6.01 Å². The lowest BCUT2D eigenvalue weighted by Gasteiger charge is -2.23.